The van der Waals surface area contributed by atoms with Crippen molar-refractivity contribution < 1.29 is 9.59 Å². The van der Waals surface area contributed by atoms with E-state index in [9.17, 15) is 9.59 Å². The van der Waals surface area contributed by atoms with E-state index in [1.165, 1.54) is 6.33 Å². The molecule has 8 nitrogen and oxygen atoms in total. The van der Waals surface area contributed by atoms with E-state index in [0.29, 0.717) is 22.8 Å². The Bertz CT molecular complexity index is 876. The Hall–Kier alpha value is -3.68. The molecule has 0 saturated heterocycles. The van der Waals surface area contributed by atoms with Gasteiger partial charge in [-0.1, -0.05) is 18.2 Å². The minimum atomic E-state index is -0.688. The number of nitrogens with zero attached hydrogens (tertiary/aromatic N) is 2. The first kappa shape index (κ1) is 15.2. The Labute approximate surface area is 137 Å². The van der Waals surface area contributed by atoms with E-state index in [1.54, 1.807) is 42.5 Å². The van der Waals surface area contributed by atoms with Crippen LogP contribution >= 0.6 is 0 Å². The van der Waals surface area contributed by atoms with Gasteiger partial charge in [-0.25, -0.2) is 9.78 Å². The second-order valence-corrected chi connectivity index (χ2v) is 4.94. The van der Waals surface area contributed by atoms with Crippen molar-refractivity contribution in [3.05, 3.63) is 60.4 Å². The molecule has 8 heteroatoms. The molecule has 2 aromatic carbocycles. The molecule has 0 radical (unpaired) electrons. The summed E-state index contributed by atoms with van der Waals surface area (Å²) in [5.74, 6) is 0.302. The molecule has 0 aliphatic heterocycles. The molecule has 120 valence electrons. The number of hydrogen-bond acceptors (Lipinski definition) is 4. The molecule has 0 aliphatic carbocycles. The predicted molar refractivity (Wildman–Crippen MR) is 89.4 cm³/mol. The molecule has 0 bridgehead atoms. The summed E-state index contributed by atoms with van der Waals surface area (Å²) in [4.78, 5) is 27.3. The minimum absolute atomic E-state index is 0.308. The summed E-state index contributed by atoms with van der Waals surface area (Å²) < 4.78 is 0. The average molecular weight is 322 g/mol. The minimum Gasteiger partial charge on any atom is -0.351 e. The molecule has 0 unspecified atom stereocenters. The number of benzene rings is 2. The molecule has 3 aromatic rings. The van der Waals surface area contributed by atoms with E-state index in [0.717, 1.165) is 5.56 Å². The summed E-state index contributed by atoms with van der Waals surface area (Å²) in [6.45, 7) is 0. The van der Waals surface area contributed by atoms with Gasteiger partial charge in [-0.3, -0.25) is 9.89 Å². The van der Waals surface area contributed by atoms with Crippen LogP contribution in [0.2, 0.25) is 0 Å². The molecule has 24 heavy (non-hydrogen) atoms. The third-order valence-electron chi connectivity index (χ3n) is 3.20. The number of H-pyrrole nitrogens is 1. The summed E-state index contributed by atoms with van der Waals surface area (Å²) >= 11 is 0. The van der Waals surface area contributed by atoms with Crippen molar-refractivity contribution in [1.29, 1.82) is 0 Å². The Morgan fingerprint density at radius 1 is 1.00 bits per heavy atom. The second kappa shape index (κ2) is 6.61. The van der Waals surface area contributed by atoms with Crippen molar-refractivity contribution in [1.82, 2.24) is 15.2 Å². The fourth-order valence-electron chi connectivity index (χ4n) is 2.17. The van der Waals surface area contributed by atoms with Crippen LogP contribution in [0.15, 0.2) is 54.9 Å². The maximum Gasteiger partial charge on any atom is 0.316 e. The number of hydrogen-bond donors (Lipinski definition) is 4. The number of urea groups is 1. The van der Waals surface area contributed by atoms with Crippen LogP contribution in [0.25, 0.3) is 11.4 Å². The lowest BCUT2D eigenvalue weighted by atomic mass is 10.1. The van der Waals surface area contributed by atoms with Crippen LogP contribution < -0.4 is 16.4 Å². The van der Waals surface area contributed by atoms with Gasteiger partial charge in [-0.15, -0.1) is 0 Å². The fraction of sp³-hybridized carbons (Fsp3) is 0. The lowest BCUT2D eigenvalue weighted by Crippen LogP contribution is -2.19. The normalized spacial score (nSPS) is 10.2. The maximum atomic E-state index is 12.4. The highest BCUT2D eigenvalue weighted by atomic mass is 16.2. The molecule has 3 rings (SSSR count). The van der Waals surface area contributed by atoms with Crippen molar-refractivity contribution >= 4 is 23.3 Å². The van der Waals surface area contributed by atoms with Gasteiger partial charge in [0.2, 0.25) is 0 Å². The summed E-state index contributed by atoms with van der Waals surface area (Å²) in [6, 6.07) is 13.0. The monoisotopic (exact) mass is 322 g/mol. The van der Waals surface area contributed by atoms with E-state index in [2.05, 4.69) is 25.8 Å². The number of carbonyl (C=O) groups is 2. The highest BCUT2D eigenvalue weighted by Gasteiger charge is 2.09. The Morgan fingerprint density at radius 2 is 1.75 bits per heavy atom. The average Bonchev–Trinajstić information content (AvgIpc) is 3.09. The quantitative estimate of drug-likeness (QED) is 0.587. The molecular weight excluding hydrogens is 308 g/mol. The first-order valence-electron chi connectivity index (χ1n) is 7.05. The van der Waals surface area contributed by atoms with Crippen molar-refractivity contribution in [3.8, 4) is 11.4 Å². The summed E-state index contributed by atoms with van der Waals surface area (Å²) in [6.07, 6.45) is 1.41. The molecule has 0 saturated carbocycles. The molecule has 1 aromatic heterocycles. The maximum absolute atomic E-state index is 12.4. The zero-order valence-corrected chi connectivity index (χ0v) is 12.5. The van der Waals surface area contributed by atoms with Crippen LogP contribution in [0.4, 0.5) is 16.2 Å². The molecule has 3 amide bonds. The number of rotatable bonds is 4. The molecule has 0 atom stereocenters. The van der Waals surface area contributed by atoms with Gasteiger partial charge in [0.25, 0.3) is 5.91 Å². The topological polar surface area (TPSA) is 126 Å². The predicted octanol–water partition coefficient (Wildman–Crippen LogP) is 2.21. The number of amides is 3. The van der Waals surface area contributed by atoms with E-state index in [-0.39, 0.29) is 5.91 Å². The van der Waals surface area contributed by atoms with E-state index in [4.69, 9.17) is 5.73 Å². The number of aromatic amines is 1. The Kier molecular flexibility index (Phi) is 4.19. The van der Waals surface area contributed by atoms with Gasteiger partial charge in [-0.2, -0.15) is 5.10 Å². The lowest BCUT2D eigenvalue weighted by molar-refractivity contribution is 0.102. The molecule has 0 aliphatic rings. The number of aromatic nitrogens is 3. The van der Waals surface area contributed by atoms with Gasteiger partial charge in [-0.05, 0) is 30.3 Å². The van der Waals surface area contributed by atoms with Gasteiger partial charge >= 0.3 is 6.03 Å². The van der Waals surface area contributed by atoms with Gasteiger partial charge in [0.1, 0.15) is 6.33 Å². The number of primary amides is 1. The number of carbonyl (C=O) groups excluding carboxylic acids is 2. The van der Waals surface area contributed by atoms with Gasteiger partial charge < -0.3 is 16.4 Å². The Balaban J connectivity index is 1.78. The Morgan fingerprint density at radius 3 is 2.46 bits per heavy atom. The van der Waals surface area contributed by atoms with E-state index < -0.39 is 6.03 Å². The third-order valence-corrected chi connectivity index (χ3v) is 3.20. The zero-order valence-electron chi connectivity index (χ0n) is 12.5. The number of nitrogens with one attached hydrogen (secondary N) is 3. The number of nitrogens with two attached hydrogens (primary N) is 1. The van der Waals surface area contributed by atoms with Crippen LogP contribution in [-0.2, 0) is 0 Å². The standard InChI is InChI=1S/C16H14N6O2/c17-16(24)21-13-6-2-4-11(8-13)15(23)20-12-5-1-3-10(7-12)14-18-9-19-22-14/h1-9H,(H,20,23)(H3,17,21,24)(H,18,19,22). The molecular formula is C16H14N6O2. The highest BCUT2D eigenvalue weighted by molar-refractivity contribution is 6.05. The number of anilines is 2. The smallest absolute Gasteiger partial charge is 0.316 e. The molecule has 1 heterocycles. The van der Waals surface area contributed by atoms with E-state index >= 15 is 0 Å². The van der Waals surface area contributed by atoms with Crippen molar-refractivity contribution in [2.45, 2.75) is 0 Å². The fourth-order valence-corrected chi connectivity index (χ4v) is 2.17. The third kappa shape index (κ3) is 3.55. The molecule has 5 N–H and O–H groups in total. The zero-order chi connectivity index (χ0) is 16.9. The van der Waals surface area contributed by atoms with Crippen LogP contribution in [0.3, 0.4) is 0 Å². The second-order valence-electron chi connectivity index (χ2n) is 4.94. The van der Waals surface area contributed by atoms with Crippen molar-refractivity contribution in [3.63, 3.8) is 0 Å². The molecule has 0 fully saturated rings. The van der Waals surface area contributed by atoms with Gasteiger partial charge in [0.05, 0.1) is 0 Å². The van der Waals surface area contributed by atoms with Gasteiger partial charge in [0.15, 0.2) is 5.82 Å². The molecule has 0 spiro atoms. The highest BCUT2D eigenvalue weighted by Crippen LogP contribution is 2.19. The summed E-state index contributed by atoms with van der Waals surface area (Å²) in [7, 11) is 0. The van der Waals surface area contributed by atoms with E-state index in [1.807, 2.05) is 6.07 Å². The lowest BCUT2D eigenvalue weighted by Gasteiger charge is -2.08. The van der Waals surface area contributed by atoms with Crippen molar-refractivity contribution in [2.24, 2.45) is 5.73 Å². The van der Waals surface area contributed by atoms with Gasteiger partial charge in [0, 0.05) is 22.5 Å². The van der Waals surface area contributed by atoms with Crippen LogP contribution in [0, 0.1) is 0 Å². The first-order valence-corrected chi connectivity index (χ1v) is 7.05. The van der Waals surface area contributed by atoms with Crippen LogP contribution in [-0.4, -0.2) is 27.1 Å². The summed E-state index contributed by atoms with van der Waals surface area (Å²) in [5.41, 5.74) is 7.33. The summed E-state index contributed by atoms with van der Waals surface area (Å²) in [5, 5.41) is 11.8. The van der Waals surface area contributed by atoms with Crippen molar-refractivity contribution in [2.75, 3.05) is 10.6 Å². The largest absolute Gasteiger partial charge is 0.351 e. The van der Waals surface area contributed by atoms with Crippen LogP contribution in [0.1, 0.15) is 10.4 Å². The van der Waals surface area contributed by atoms with Crippen LogP contribution in [0.5, 0.6) is 0 Å². The first-order chi connectivity index (χ1) is 11.6. The SMILES string of the molecule is NC(=O)Nc1cccc(C(=O)Nc2cccc(-c3ncn[nH]3)c2)c1.